The van der Waals surface area contributed by atoms with Crippen LogP contribution >= 0.6 is 0 Å². The minimum absolute atomic E-state index is 0.315. The van der Waals surface area contributed by atoms with E-state index in [9.17, 15) is 5.11 Å². The van der Waals surface area contributed by atoms with E-state index in [1.54, 1.807) is 0 Å². The zero-order chi connectivity index (χ0) is 12.8. The zero-order valence-electron chi connectivity index (χ0n) is 12.0. The van der Waals surface area contributed by atoms with E-state index in [0.29, 0.717) is 5.92 Å². The van der Waals surface area contributed by atoms with Gasteiger partial charge in [-0.15, -0.1) is 0 Å². The fourth-order valence-electron chi connectivity index (χ4n) is 3.94. The molecule has 18 heavy (non-hydrogen) atoms. The maximum absolute atomic E-state index is 10.7. The Morgan fingerprint density at radius 1 is 1.17 bits per heavy atom. The maximum Gasteiger partial charge on any atom is 0.0675 e. The van der Waals surface area contributed by atoms with Crippen LogP contribution in [0.15, 0.2) is 0 Å². The Labute approximate surface area is 112 Å². The molecule has 2 unspecified atom stereocenters. The molecule has 106 valence electrons. The smallest absolute Gasteiger partial charge is 0.0675 e. The average molecular weight is 254 g/mol. The van der Waals surface area contributed by atoms with Crippen LogP contribution in [0.4, 0.5) is 0 Å². The minimum Gasteiger partial charge on any atom is -0.390 e. The standard InChI is InChI=1S/C16H30O2/c1-2-15-7-5-11-16(15,17)10-4-3-6-14-8-12-18-13-9-14/h14-15,17H,2-13H2,1H3. The van der Waals surface area contributed by atoms with Crippen molar-refractivity contribution < 1.29 is 9.84 Å². The van der Waals surface area contributed by atoms with Crippen molar-refractivity contribution in [2.45, 2.75) is 76.7 Å². The Balaban J connectivity index is 1.62. The summed E-state index contributed by atoms with van der Waals surface area (Å²) in [7, 11) is 0. The molecule has 2 atom stereocenters. The number of rotatable bonds is 6. The summed E-state index contributed by atoms with van der Waals surface area (Å²) < 4.78 is 5.39. The monoisotopic (exact) mass is 254 g/mol. The molecular weight excluding hydrogens is 224 g/mol. The highest BCUT2D eigenvalue weighted by Crippen LogP contribution is 2.41. The van der Waals surface area contributed by atoms with Crippen LogP contribution in [0.3, 0.4) is 0 Å². The van der Waals surface area contributed by atoms with Crippen molar-refractivity contribution >= 4 is 0 Å². The molecule has 2 aliphatic rings. The van der Waals surface area contributed by atoms with Crippen LogP contribution in [0.1, 0.15) is 71.1 Å². The molecule has 0 aromatic carbocycles. The summed E-state index contributed by atoms with van der Waals surface area (Å²) in [6.45, 7) is 4.15. The molecule has 2 heteroatoms. The van der Waals surface area contributed by atoms with E-state index >= 15 is 0 Å². The molecule has 2 nitrogen and oxygen atoms in total. The van der Waals surface area contributed by atoms with E-state index in [0.717, 1.165) is 38.4 Å². The van der Waals surface area contributed by atoms with E-state index in [4.69, 9.17) is 4.74 Å². The number of hydrogen-bond acceptors (Lipinski definition) is 2. The molecule has 2 fully saturated rings. The molecule has 1 heterocycles. The van der Waals surface area contributed by atoms with Crippen LogP contribution in [0.5, 0.6) is 0 Å². The predicted molar refractivity (Wildman–Crippen MR) is 74.6 cm³/mol. The number of hydrogen-bond donors (Lipinski definition) is 1. The van der Waals surface area contributed by atoms with Crippen LogP contribution in [0.25, 0.3) is 0 Å². The number of aliphatic hydroxyl groups is 1. The van der Waals surface area contributed by atoms with Gasteiger partial charge in [0.15, 0.2) is 0 Å². The largest absolute Gasteiger partial charge is 0.390 e. The summed E-state index contributed by atoms with van der Waals surface area (Å²) in [6.07, 6.45) is 12.1. The number of unbranched alkanes of at least 4 members (excludes halogenated alkanes) is 1. The molecule has 1 saturated heterocycles. The molecule has 0 aromatic rings. The third-order valence-electron chi connectivity index (χ3n) is 5.23. The Morgan fingerprint density at radius 3 is 2.67 bits per heavy atom. The van der Waals surface area contributed by atoms with Gasteiger partial charge in [0.05, 0.1) is 5.60 Å². The summed E-state index contributed by atoms with van der Waals surface area (Å²) in [5.41, 5.74) is -0.315. The van der Waals surface area contributed by atoms with Crippen molar-refractivity contribution in [3.8, 4) is 0 Å². The van der Waals surface area contributed by atoms with Crippen molar-refractivity contribution in [3.05, 3.63) is 0 Å². The van der Waals surface area contributed by atoms with Crippen LogP contribution in [0.2, 0.25) is 0 Å². The van der Waals surface area contributed by atoms with Gasteiger partial charge in [-0.25, -0.2) is 0 Å². The first kappa shape index (κ1) is 14.3. The molecule has 0 aromatic heterocycles. The lowest BCUT2D eigenvalue weighted by molar-refractivity contribution is -0.00974. The van der Waals surface area contributed by atoms with Gasteiger partial charge in [-0.3, -0.25) is 0 Å². The van der Waals surface area contributed by atoms with E-state index < -0.39 is 0 Å². The van der Waals surface area contributed by atoms with Gasteiger partial charge in [0.1, 0.15) is 0 Å². The average Bonchev–Trinajstić information content (AvgIpc) is 2.77. The second-order valence-electron chi connectivity index (χ2n) is 6.40. The fraction of sp³-hybridized carbons (Fsp3) is 1.00. The Kier molecular flexibility index (Phi) is 5.50. The highest BCUT2D eigenvalue weighted by atomic mass is 16.5. The molecule has 1 N–H and O–H groups in total. The first-order valence-electron chi connectivity index (χ1n) is 8.05. The van der Waals surface area contributed by atoms with Crippen LogP contribution < -0.4 is 0 Å². The summed E-state index contributed by atoms with van der Waals surface area (Å²) in [4.78, 5) is 0. The van der Waals surface area contributed by atoms with E-state index in [1.807, 2.05) is 0 Å². The molecule has 1 aliphatic heterocycles. The SMILES string of the molecule is CCC1CCCC1(O)CCCCC1CCOCC1. The van der Waals surface area contributed by atoms with E-state index in [-0.39, 0.29) is 5.60 Å². The van der Waals surface area contributed by atoms with Crippen molar-refractivity contribution in [3.63, 3.8) is 0 Å². The topological polar surface area (TPSA) is 29.5 Å². The fourth-order valence-corrected chi connectivity index (χ4v) is 3.94. The van der Waals surface area contributed by atoms with Gasteiger partial charge in [0.2, 0.25) is 0 Å². The number of ether oxygens (including phenoxy) is 1. The first-order chi connectivity index (χ1) is 8.74. The lowest BCUT2D eigenvalue weighted by Crippen LogP contribution is -2.32. The maximum atomic E-state index is 10.7. The molecule has 2 rings (SSSR count). The second kappa shape index (κ2) is 6.91. The van der Waals surface area contributed by atoms with Crippen molar-refractivity contribution in [2.24, 2.45) is 11.8 Å². The van der Waals surface area contributed by atoms with Gasteiger partial charge in [0.25, 0.3) is 0 Å². The summed E-state index contributed by atoms with van der Waals surface area (Å²) in [5, 5.41) is 10.7. The molecule has 1 aliphatic carbocycles. The summed E-state index contributed by atoms with van der Waals surface area (Å²) in [5.74, 6) is 1.46. The third kappa shape index (κ3) is 3.71. The van der Waals surface area contributed by atoms with Crippen LogP contribution in [-0.4, -0.2) is 23.9 Å². The van der Waals surface area contributed by atoms with E-state index in [1.165, 1.54) is 44.9 Å². The predicted octanol–water partition coefficient (Wildman–Crippen LogP) is 3.91. The quantitative estimate of drug-likeness (QED) is 0.728. The van der Waals surface area contributed by atoms with Crippen molar-refractivity contribution in [1.82, 2.24) is 0 Å². The first-order valence-corrected chi connectivity index (χ1v) is 8.05. The molecule has 0 radical (unpaired) electrons. The lowest BCUT2D eigenvalue weighted by Gasteiger charge is -2.30. The summed E-state index contributed by atoms with van der Waals surface area (Å²) >= 11 is 0. The minimum atomic E-state index is -0.315. The molecule has 0 spiro atoms. The normalized spacial score (nSPS) is 34.0. The Morgan fingerprint density at radius 2 is 1.94 bits per heavy atom. The second-order valence-corrected chi connectivity index (χ2v) is 6.40. The van der Waals surface area contributed by atoms with Crippen LogP contribution in [0, 0.1) is 11.8 Å². The lowest BCUT2D eigenvalue weighted by atomic mass is 9.83. The van der Waals surface area contributed by atoms with Gasteiger partial charge < -0.3 is 9.84 Å². The molecule has 1 saturated carbocycles. The van der Waals surface area contributed by atoms with E-state index in [2.05, 4.69) is 6.92 Å². The van der Waals surface area contributed by atoms with Crippen molar-refractivity contribution in [2.75, 3.05) is 13.2 Å². The Hall–Kier alpha value is -0.0800. The van der Waals surface area contributed by atoms with Gasteiger partial charge in [-0.1, -0.05) is 39.0 Å². The van der Waals surface area contributed by atoms with Gasteiger partial charge in [0, 0.05) is 13.2 Å². The van der Waals surface area contributed by atoms with Crippen molar-refractivity contribution in [1.29, 1.82) is 0 Å². The Bertz CT molecular complexity index is 235. The highest BCUT2D eigenvalue weighted by Gasteiger charge is 2.38. The molecule has 0 bridgehead atoms. The molecular formula is C16H30O2. The molecule has 0 amide bonds. The highest BCUT2D eigenvalue weighted by molar-refractivity contribution is 4.91. The zero-order valence-corrected chi connectivity index (χ0v) is 12.0. The summed E-state index contributed by atoms with van der Waals surface area (Å²) in [6, 6.07) is 0. The van der Waals surface area contributed by atoms with Gasteiger partial charge in [-0.2, -0.15) is 0 Å². The van der Waals surface area contributed by atoms with Crippen LogP contribution in [-0.2, 0) is 4.74 Å². The van der Waals surface area contributed by atoms with Gasteiger partial charge in [-0.05, 0) is 43.9 Å². The van der Waals surface area contributed by atoms with Gasteiger partial charge >= 0.3 is 0 Å². The third-order valence-corrected chi connectivity index (χ3v) is 5.23.